The third kappa shape index (κ3) is 6.51. The van der Waals surface area contributed by atoms with Gasteiger partial charge in [-0.15, -0.1) is 0 Å². The Morgan fingerprint density at radius 1 is 1.07 bits per heavy atom. The molecule has 1 fully saturated rings. The molecule has 0 radical (unpaired) electrons. The molecule has 1 saturated heterocycles. The maximum Gasteiger partial charge on any atom is 0.226 e. The van der Waals surface area contributed by atoms with Gasteiger partial charge in [0.05, 0.1) is 19.8 Å². The number of carbonyl (C=O) groups excluding carboxylic acids is 1. The maximum atomic E-state index is 12.0. The van der Waals surface area contributed by atoms with Crippen molar-refractivity contribution in [2.75, 3.05) is 43.1 Å². The van der Waals surface area contributed by atoms with Gasteiger partial charge < -0.3 is 25.0 Å². The summed E-state index contributed by atoms with van der Waals surface area (Å²) in [5.74, 6) is 0.680. The molecule has 0 aliphatic carbocycles. The highest BCUT2D eigenvalue weighted by Gasteiger charge is 2.11. The molecule has 1 heterocycles. The molecule has 7 heteroatoms. The minimum Gasteiger partial charge on any atom is -0.494 e. The lowest BCUT2D eigenvalue weighted by molar-refractivity contribution is -0.119. The van der Waals surface area contributed by atoms with Gasteiger partial charge in [0.25, 0.3) is 0 Å². The Morgan fingerprint density at radius 2 is 1.79 bits per heavy atom. The van der Waals surface area contributed by atoms with Crippen LogP contribution < -0.4 is 20.3 Å². The van der Waals surface area contributed by atoms with Crippen LogP contribution >= 0.6 is 12.2 Å². The molecule has 1 amide bonds. The molecule has 2 aromatic rings. The summed E-state index contributed by atoms with van der Waals surface area (Å²) in [6.07, 6.45) is 0.974. The Balaban J connectivity index is 1.35. The van der Waals surface area contributed by atoms with Gasteiger partial charge in [0.1, 0.15) is 5.75 Å². The van der Waals surface area contributed by atoms with Gasteiger partial charge in [-0.3, -0.25) is 4.79 Å². The van der Waals surface area contributed by atoms with E-state index in [0.29, 0.717) is 24.6 Å². The number of rotatable bonds is 7. The molecule has 3 rings (SSSR count). The number of carbonyl (C=O) groups is 1. The van der Waals surface area contributed by atoms with Gasteiger partial charge in [0, 0.05) is 30.9 Å². The molecule has 0 spiro atoms. The zero-order valence-electron chi connectivity index (χ0n) is 15.7. The van der Waals surface area contributed by atoms with Crippen molar-refractivity contribution in [3.8, 4) is 5.75 Å². The van der Waals surface area contributed by atoms with Gasteiger partial charge in [0.2, 0.25) is 5.91 Å². The molecule has 148 valence electrons. The average Bonchev–Trinajstić information content (AvgIpc) is 2.73. The Labute approximate surface area is 170 Å². The van der Waals surface area contributed by atoms with E-state index in [9.17, 15) is 4.79 Å². The highest BCUT2D eigenvalue weighted by molar-refractivity contribution is 7.80. The summed E-state index contributed by atoms with van der Waals surface area (Å²) < 4.78 is 11.0. The molecule has 6 nitrogen and oxygen atoms in total. The van der Waals surface area contributed by atoms with Crippen LogP contribution in [0.2, 0.25) is 0 Å². The van der Waals surface area contributed by atoms with E-state index < -0.39 is 0 Å². The van der Waals surface area contributed by atoms with Crippen LogP contribution in [0.15, 0.2) is 54.6 Å². The van der Waals surface area contributed by atoms with E-state index in [0.717, 1.165) is 43.4 Å². The molecule has 0 atom stereocenters. The highest BCUT2D eigenvalue weighted by atomic mass is 32.1. The van der Waals surface area contributed by atoms with Crippen molar-refractivity contribution in [2.24, 2.45) is 0 Å². The zero-order valence-corrected chi connectivity index (χ0v) is 16.5. The Kier molecular flexibility index (Phi) is 7.63. The standard InChI is InChI=1S/C21H25N3O3S/c25-20(7-4-14-27-19-5-2-1-3-6-19)23-21(28)22-17-8-10-18(11-9-17)24-12-15-26-16-13-24/h1-3,5-6,8-11H,4,7,12-16H2,(H2,22,23,25,28). The largest absolute Gasteiger partial charge is 0.494 e. The monoisotopic (exact) mass is 399 g/mol. The minimum absolute atomic E-state index is 0.126. The van der Waals surface area contributed by atoms with Crippen LogP contribution in [0.1, 0.15) is 12.8 Å². The second-order valence-electron chi connectivity index (χ2n) is 6.41. The van der Waals surface area contributed by atoms with E-state index in [1.165, 1.54) is 0 Å². The predicted octanol–water partition coefficient (Wildman–Crippen LogP) is 3.20. The van der Waals surface area contributed by atoms with Crippen LogP contribution in [0, 0.1) is 0 Å². The van der Waals surface area contributed by atoms with Crippen molar-refractivity contribution >= 4 is 34.6 Å². The normalized spacial score (nSPS) is 13.6. The van der Waals surface area contributed by atoms with E-state index in [1.807, 2.05) is 54.6 Å². The maximum absolute atomic E-state index is 12.0. The van der Waals surface area contributed by atoms with Crippen molar-refractivity contribution in [3.63, 3.8) is 0 Å². The Hall–Kier alpha value is -2.64. The number of hydrogen-bond acceptors (Lipinski definition) is 5. The average molecular weight is 400 g/mol. The fourth-order valence-corrected chi connectivity index (χ4v) is 3.10. The van der Waals surface area contributed by atoms with Crippen LogP contribution in [0.5, 0.6) is 5.75 Å². The van der Waals surface area contributed by atoms with Crippen LogP contribution in [0.25, 0.3) is 0 Å². The van der Waals surface area contributed by atoms with Gasteiger partial charge in [0.15, 0.2) is 5.11 Å². The van der Waals surface area contributed by atoms with Gasteiger partial charge in [-0.25, -0.2) is 0 Å². The number of anilines is 2. The number of benzene rings is 2. The first-order valence-corrected chi connectivity index (χ1v) is 9.83. The Bertz CT molecular complexity index is 762. The first-order chi connectivity index (χ1) is 13.7. The summed E-state index contributed by atoms with van der Waals surface area (Å²) in [5.41, 5.74) is 2.00. The van der Waals surface area contributed by atoms with Crippen molar-refractivity contribution in [2.45, 2.75) is 12.8 Å². The molecular weight excluding hydrogens is 374 g/mol. The zero-order chi connectivity index (χ0) is 19.6. The van der Waals surface area contributed by atoms with Gasteiger partial charge >= 0.3 is 0 Å². The van der Waals surface area contributed by atoms with Gasteiger partial charge in [-0.1, -0.05) is 18.2 Å². The molecule has 0 bridgehead atoms. The lowest BCUT2D eigenvalue weighted by atomic mass is 10.2. The molecule has 28 heavy (non-hydrogen) atoms. The van der Waals surface area contributed by atoms with Crippen LogP contribution in [-0.4, -0.2) is 43.9 Å². The topological polar surface area (TPSA) is 62.8 Å². The molecule has 0 saturated carbocycles. The third-order valence-corrected chi connectivity index (χ3v) is 4.52. The third-order valence-electron chi connectivity index (χ3n) is 4.31. The second kappa shape index (κ2) is 10.6. The highest BCUT2D eigenvalue weighted by Crippen LogP contribution is 2.19. The summed E-state index contributed by atoms with van der Waals surface area (Å²) in [6.45, 7) is 3.80. The quantitative estimate of drug-likeness (QED) is 0.551. The van der Waals surface area contributed by atoms with Crippen LogP contribution in [0.3, 0.4) is 0 Å². The number of nitrogens with zero attached hydrogens (tertiary/aromatic N) is 1. The van der Waals surface area contributed by atoms with E-state index in [4.69, 9.17) is 21.7 Å². The smallest absolute Gasteiger partial charge is 0.226 e. The van der Waals surface area contributed by atoms with Crippen molar-refractivity contribution in [3.05, 3.63) is 54.6 Å². The molecule has 1 aliphatic heterocycles. The summed E-state index contributed by atoms with van der Waals surface area (Å²) in [4.78, 5) is 14.3. The fourth-order valence-electron chi connectivity index (χ4n) is 2.87. The number of para-hydroxylation sites is 1. The number of nitrogens with one attached hydrogen (secondary N) is 2. The number of morpholine rings is 1. The first kappa shape index (κ1) is 20.1. The van der Waals surface area contributed by atoms with Crippen molar-refractivity contribution in [1.29, 1.82) is 0 Å². The number of thiocarbonyl (C=S) groups is 1. The van der Waals surface area contributed by atoms with Crippen LogP contribution in [0.4, 0.5) is 11.4 Å². The predicted molar refractivity (Wildman–Crippen MR) is 115 cm³/mol. The molecule has 0 unspecified atom stereocenters. The molecule has 2 N–H and O–H groups in total. The van der Waals surface area contributed by atoms with Crippen LogP contribution in [-0.2, 0) is 9.53 Å². The molecular formula is C21H25N3O3S. The fraction of sp³-hybridized carbons (Fsp3) is 0.333. The lowest BCUT2D eigenvalue weighted by Gasteiger charge is -2.28. The molecule has 0 aromatic heterocycles. The summed E-state index contributed by atoms with van der Waals surface area (Å²) in [6, 6.07) is 17.5. The molecule has 1 aliphatic rings. The first-order valence-electron chi connectivity index (χ1n) is 9.42. The SMILES string of the molecule is O=C(CCCOc1ccccc1)NC(=S)Nc1ccc(N2CCOCC2)cc1. The summed E-state index contributed by atoms with van der Waals surface area (Å²) >= 11 is 5.22. The van der Waals surface area contributed by atoms with Gasteiger partial charge in [-0.2, -0.15) is 0 Å². The number of amides is 1. The van der Waals surface area contributed by atoms with E-state index in [2.05, 4.69) is 15.5 Å². The minimum atomic E-state index is -0.126. The lowest BCUT2D eigenvalue weighted by Crippen LogP contribution is -2.36. The van der Waals surface area contributed by atoms with E-state index in [1.54, 1.807) is 0 Å². The van der Waals surface area contributed by atoms with Crippen molar-refractivity contribution in [1.82, 2.24) is 5.32 Å². The number of hydrogen-bond donors (Lipinski definition) is 2. The second-order valence-corrected chi connectivity index (χ2v) is 6.82. The summed E-state index contributed by atoms with van der Waals surface area (Å²) in [7, 11) is 0. The summed E-state index contributed by atoms with van der Waals surface area (Å²) in [5, 5.41) is 6.05. The molecule has 2 aromatic carbocycles. The number of ether oxygens (including phenoxy) is 2. The van der Waals surface area contributed by atoms with E-state index in [-0.39, 0.29) is 5.91 Å². The van der Waals surface area contributed by atoms with Gasteiger partial charge in [-0.05, 0) is 55.0 Å². The van der Waals surface area contributed by atoms with Crippen molar-refractivity contribution < 1.29 is 14.3 Å². The Morgan fingerprint density at radius 3 is 2.50 bits per heavy atom. The van der Waals surface area contributed by atoms with E-state index >= 15 is 0 Å².